The van der Waals surface area contributed by atoms with Crippen molar-refractivity contribution in [3.8, 4) is 16.3 Å². The molecule has 1 aromatic heterocycles. The number of aromatic nitrogens is 1. The Hall–Kier alpha value is -1.53. The van der Waals surface area contributed by atoms with E-state index in [2.05, 4.69) is 29.5 Å². The lowest BCUT2D eigenvalue weighted by molar-refractivity contribution is -0.119. The maximum Gasteiger partial charge on any atom is 0.230 e. The van der Waals surface area contributed by atoms with E-state index in [0.29, 0.717) is 11.7 Å². The van der Waals surface area contributed by atoms with Crippen molar-refractivity contribution >= 4 is 29.0 Å². The number of nitrogens with one attached hydrogen (secondary N) is 1. The van der Waals surface area contributed by atoms with E-state index in [4.69, 9.17) is 4.74 Å². The number of benzene rings is 1. The monoisotopic (exact) mass is 364 g/mol. The minimum atomic E-state index is 0.0896. The highest BCUT2D eigenvalue weighted by Gasteiger charge is 2.11. The summed E-state index contributed by atoms with van der Waals surface area (Å²) in [5, 5.41) is 6.07. The fourth-order valence-electron chi connectivity index (χ4n) is 1.95. The molecule has 0 aliphatic heterocycles. The summed E-state index contributed by atoms with van der Waals surface area (Å²) >= 11 is 3.22. The minimum absolute atomic E-state index is 0.0896. The molecule has 0 aliphatic rings. The van der Waals surface area contributed by atoms with Crippen molar-refractivity contribution < 1.29 is 9.53 Å². The van der Waals surface area contributed by atoms with Crippen LogP contribution in [0.2, 0.25) is 0 Å². The molecule has 0 spiro atoms. The summed E-state index contributed by atoms with van der Waals surface area (Å²) in [6.45, 7) is 6.25. The number of thiazole rings is 1. The summed E-state index contributed by atoms with van der Waals surface area (Å²) in [4.78, 5) is 16.5. The van der Waals surface area contributed by atoms with Crippen LogP contribution in [0.1, 0.15) is 26.5 Å². The van der Waals surface area contributed by atoms with E-state index in [9.17, 15) is 4.79 Å². The van der Waals surface area contributed by atoms with Crippen molar-refractivity contribution in [1.82, 2.24) is 10.3 Å². The Morgan fingerprint density at radius 2 is 2.00 bits per heavy atom. The van der Waals surface area contributed by atoms with Crippen LogP contribution in [0.4, 0.5) is 0 Å². The maximum atomic E-state index is 11.9. The lowest BCUT2D eigenvalue weighted by atomic mass is 10.1. The number of hydrogen-bond acceptors (Lipinski definition) is 5. The highest BCUT2D eigenvalue weighted by molar-refractivity contribution is 7.99. The lowest BCUT2D eigenvalue weighted by Crippen LogP contribution is -2.37. The second-order valence-corrected chi connectivity index (χ2v) is 7.81. The smallest absolute Gasteiger partial charge is 0.230 e. The summed E-state index contributed by atoms with van der Waals surface area (Å²) in [5.41, 5.74) is 2.10. The van der Waals surface area contributed by atoms with Crippen LogP contribution in [-0.4, -0.2) is 29.8 Å². The molecule has 6 heteroatoms. The van der Waals surface area contributed by atoms with Crippen LogP contribution in [0.25, 0.3) is 10.6 Å². The fraction of sp³-hybridized carbons (Fsp3) is 0.444. The van der Waals surface area contributed by atoms with E-state index in [1.807, 2.05) is 31.2 Å². The molecule has 1 N–H and O–H groups in total. The number of ether oxygens (including phenoxy) is 1. The molecule has 0 saturated heterocycles. The normalized spacial score (nSPS) is 12.2. The number of thioether (sulfide) groups is 1. The maximum absolute atomic E-state index is 11.9. The Bertz CT molecular complexity index is 653. The van der Waals surface area contributed by atoms with Crippen LogP contribution in [0, 0.1) is 5.92 Å². The van der Waals surface area contributed by atoms with E-state index in [-0.39, 0.29) is 11.9 Å². The van der Waals surface area contributed by atoms with E-state index < -0.39 is 0 Å². The number of methoxy groups -OCH3 is 1. The highest BCUT2D eigenvalue weighted by atomic mass is 32.2. The first-order chi connectivity index (χ1) is 11.5. The first kappa shape index (κ1) is 18.8. The molecule has 1 unspecified atom stereocenters. The first-order valence-corrected chi connectivity index (χ1v) is 9.99. The molecular formula is C18H24N2O2S2. The molecule has 1 atom stereocenters. The SMILES string of the molecule is COc1ccc(-c2nc(CSCC(=O)NC(C)C(C)C)cs2)cc1. The van der Waals surface area contributed by atoms with Gasteiger partial charge in [0.2, 0.25) is 5.91 Å². The Kier molecular flexibility index (Phi) is 7.12. The van der Waals surface area contributed by atoms with Gasteiger partial charge < -0.3 is 10.1 Å². The van der Waals surface area contributed by atoms with Crippen LogP contribution in [0.3, 0.4) is 0 Å². The van der Waals surface area contributed by atoms with Gasteiger partial charge in [-0.15, -0.1) is 23.1 Å². The highest BCUT2D eigenvalue weighted by Crippen LogP contribution is 2.27. The van der Waals surface area contributed by atoms with Crippen molar-refractivity contribution in [3.05, 3.63) is 35.3 Å². The molecule has 0 bridgehead atoms. The molecular weight excluding hydrogens is 340 g/mol. The minimum Gasteiger partial charge on any atom is -0.497 e. The molecule has 1 heterocycles. The van der Waals surface area contributed by atoms with E-state index >= 15 is 0 Å². The van der Waals surface area contributed by atoms with Gasteiger partial charge in [-0.05, 0) is 37.1 Å². The average Bonchev–Trinajstić information content (AvgIpc) is 3.03. The van der Waals surface area contributed by atoms with Gasteiger partial charge in [-0.25, -0.2) is 4.98 Å². The van der Waals surface area contributed by atoms with Crippen LogP contribution < -0.4 is 10.1 Å². The van der Waals surface area contributed by atoms with Crippen molar-refractivity contribution in [3.63, 3.8) is 0 Å². The van der Waals surface area contributed by atoms with Crippen LogP contribution >= 0.6 is 23.1 Å². The Labute approximate surface area is 152 Å². The van der Waals surface area contributed by atoms with Gasteiger partial charge in [0.05, 0.1) is 18.6 Å². The van der Waals surface area contributed by atoms with Crippen molar-refractivity contribution in [1.29, 1.82) is 0 Å². The summed E-state index contributed by atoms with van der Waals surface area (Å²) < 4.78 is 5.17. The number of rotatable bonds is 8. The molecule has 24 heavy (non-hydrogen) atoms. The molecule has 130 valence electrons. The Morgan fingerprint density at radius 3 is 2.62 bits per heavy atom. The lowest BCUT2D eigenvalue weighted by Gasteiger charge is -2.17. The van der Waals surface area contributed by atoms with Gasteiger partial charge in [-0.3, -0.25) is 4.79 Å². The summed E-state index contributed by atoms with van der Waals surface area (Å²) in [7, 11) is 1.66. The molecule has 0 radical (unpaired) electrons. The van der Waals surface area contributed by atoms with Gasteiger partial charge in [0, 0.05) is 22.7 Å². The average molecular weight is 365 g/mol. The van der Waals surface area contributed by atoms with Crippen molar-refractivity contribution in [2.24, 2.45) is 5.92 Å². The van der Waals surface area contributed by atoms with Gasteiger partial charge in [0.15, 0.2) is 0 Å². The number of carbonyl (C=O) groups is 1. The van der Waals surface area contributed by atoms with Crippen LogP contribution in [0.5, 0.6) is 5.75 Å². The quantitative estimate of drug-likeness (QED) is 0.762. The molecule has 1 amide bonds. The van der Waals surface area contributed by atoms with Crippen molar-refractivity contribution in [2.45, 2.75) is 32.6 Å². The van der Waals surface area contributed by atoms with Gasteiger partial charge in [-0.2, -0.15) is 0 Å². The standard InChI is InChI=1S/C18H24N2O2S2/c1-12(2)13(3)19-17(21)11-23-9-15-10-24-18(20-15)14-5-7-16(22-4)8-6-14/h5-8,10,12-13H,9,11H2,1-4H3,(H,19,21). The third-order valence-corrected chi connectivity index (χ3v) is 5.67. The summed E-state index contributed by atoms with van der Waals surface area (Å²) in [6.07, 6.45) is 0. The van der Waals surface area contributed by atoms with Gasteiger partial charge >= 0.3 is 0 Å². The number of amides is 1. The molecule has 0 aliphatic carbocycles. The first-order valence-electron chi connectivity index (χ1n) is 7.95. The molecule has 0 fully saturated rings. The zero-order chi connectivity index (χ0) is 17.5. The topological polar surface area (TPSA) is 51.2 Å². The molecule has 0 saturated carbocycles. The van der Waals surface area contributed by atoms with Crippen LogP contribution in [-0.2, 0) is 10.5 Å². The van der Waals surface area contributed by atoms with E-state index in [1.54, 1.807) is 30.2 Å². The Balaban J connectivity index is 1.82. The van der Waals surface area contributed by atoms with Gasteiger partial charge in [0.25, 0.3) is 0 Å². The van der Waals surface area contributed by atoms with Crippen molar-refractivity contribution in [2.75, 3.05) is 12.9 Å². The largest absolute Gasteiger partial charge is 0.497 e. The second-order valence-electron chi connectivity index (χ2n) is 5.97. The third-order valence-electron chi connectivity index (χ3n) is 3.76. The van der Waals surface area contributed by atoms with Crippen LogP contribution in [0.15, 0.2) is 29.6 Å². The molecule has 2 aromatic rings. The molecule has 2 rings (SSSR count). The number of hydrogen-bond donors (Lipinski definition) is 1. The third kappa shape index (κ3) is 5.53. The van der Waals surface area contributed by atoms with E-state index in [1.165, 1.54) is 0 Å². The predicted molar refractivity (Wildman–Crippen MR) is 103 cm³/mol. The van der Waals surface area contributed by atoms with E-state index in [0.717, 1.165) is 27.8 Å². The second kappa shape index (κ2) is 9.08. The number of carbonyl (C=O) groups excluding carboxylic acids is 1. The summed E-state index contributed by atoms with van der Waals surface area (Å²) in [5.74, 6) is 2.59. The summed E-state index contributed by atoms with van der Waals surface area (Å²) in [6, 6.07) is 8.10. The zero-order valence-corrected chi connectivity index (χ0v) is 16.2. The predicted octanol–water partition coefficient (Wildman–Crippen LogP) is 4.21. The van der Waals surface area contributed by atoms with Gasteiger partial charge in [0.1, 0.15) is 10.8 Å². The molecule has 1 aromatic carbocycles. The molecule has 4 nitrogen and oxygen atoms in total. The van der Waals surface area contributed by atoms with Gasteiger partial charge in [-0.1, -0.05) is 13.8 Å². The fourth-order valence-corrected chi connectivity index (χ4v) is 3.61. The zero-order valence-electron chi connectivity index (χ0n) is 14.5. The Morgan fingerprint density at radius 1 is 1.29 bits per heavy atom. The number of nitrogens with zero attached hydrogens (tertiary/aromatic N) is 1.